The summed E-state index contributed by atoms with van der Waals surface area (Å²) in [6.45, 7) is 3.88. The number of aromatic nitrogens is 1. The van der Waals surface area contributed by atoms with Crippen molar-refractivity contribution in [1.82, 2.24) is 10.3 Å². The Morgan fingerprint density at radius 3 is 2.83 bits per heavy atom. The lowest BCUT2D eigenvalue weighted by Gasteiger charge is -2.18. The fraction of sp³-hybridized carbons (Fsp3) is 0.571. The minimum absolute atomic E-state index is 0.0230. The Morgan fingerprint density at radius 2 is 2.28 bits per heavy atom. The molecule has 1 atom stereocenters. The van der Waals surface area contributed by atoms with Crippen LogP contribution in [0.1, 0.15) is 31.2 Å². The SMILES string of the molecule is Cc1cccc(C[C@H](C)NC(=O)C2(CO)CC2)n1. The molecule has 2 rings (SSSR count). The Balaban J connectivity index is 1.89. The molecule has 0 spiro atoms. The van der Waals surface area contributed by atoms with Gasteiger partial charge in [0.2, 0.25) is 5.91 Å². The fourth-order valence-corrected chi connectivity index (χ4v) is 2.06. The Hall–Kier alpha value is -1.42. The van der Waals surface area contributed by atoms with Gasteiger partial charge in [0.1, 0.15) is 0 Å². The summed E-state index contributed by atoms with van der Waals surface area (Å²) in [4.78, 5) is 16.4. The van der Waals surface area contributed by atoms with Crippen LogP contribution in [0.5, 0.6) is 0 Å². The molecule has 0 aliphatic heterocycles. The second kappa shape index (κ2) is 5.06. The van der Waals surface area contributed by atoms with Crippen molar-refractivity contribution in [3.63, 3.8) is 0 Å². The number of amides is 1. The highest BCUT2D eigenvalue weighted by Crippen LogP contribution is 2.45. The van der Waals surface area contributed by atoms with E-state index in [0.717, 1.165) is 30.7 Å². The third kappa shape index (κ3) is 2.88. The zero-order valence-corrected chi connectivity index (χ0v) is 10.9. The van der Waals surface area contributed by atoms with Gasteiger partial charge in [-0.3, -0.25) is 9.78 Å². The lowest BCUT2D eigenvalue weighted by Crippen LogP contribution is -2.40. The fourth-order valence-electron chi connectivity index (χ4n) is 2.06. The number of nitrogens with zero attached hydrogens (tertiary/aromatic N) is 1. The molecule has 1 fully saturated rings. The molecular weight excluding hydrogens is 228 g/mol. The van der Waals surface area contributed by atoms with Crippen molar-refractivity contribution in [3.05, 3.63) is 29.6 Å². The predicted molar refractivity (Wildman–Crippen MR) is 69.0 cm³/mol. The first-order chi connectivity index (χ1) is 8.55. The summed E-state index contributed by atoms with van der Waals surface area (Å²) >= 11 is 0. The van der Waals surface area contributed by atoms with Gasteiger partial charge >= 0.3 is 0 Å². The first-order valence-electron chi connectivity index (χ1n) is 6.40. The summed E-state index contributed by atoms with van der Waals surface area (Å²) in [5.74, 6) is -0.0230. The lowest BCUT2D eigenvalue weighted by atomic mass is 10.1. The minimum atomic E-state index is -0.492. The van der Waals surface area contributed by atoms with Gasteiger partial charge in [-0.1, -0.05) is 6.07 Å². The van der Waals surface area contributed by atoms with E-state index < -0.39 is 5.41 Å². The largest absolute Gasteiger partial charge is 0.395 e. The standard InChI is InChI=1S/C14H20N2O2/c1-10-4-3-5-12(15-10)8-11(2)16-13(18)14(9-17)6-7-14/h3-5,11,17H,6-9H2,1-2H3,(H,16,18)/t11-/m0/s1. The molecule has 1 aromatic heterocycles. The Kier molecular flexibility index (Phi) is 3.66. The topological polar surface area (TPSA) is 62.2 Å². The first kappa shape index (κ1) is 13.0. The Bertz CT molecular complexity index is 441. The maximum absolute atomic E-state index is 11.9. The number of hydrogen-bond acceptors (Lipinski definition) is 3. The molecule has 1 heterocycles. The van der Waals surface area contributed by atoms with Crippen LogP contribution in [0.25, 0.3) is 0 Å². The number of carbonyl (C=O) groups is 1. The molecule has 98 valence electrons. The molecule has 1 aliphatic carbocycles. The monoisotopic (exact) mass is 248 g/mol. The second-order valence-electron chi connectivity index (χ2n) is 5.29. The number of aliphatic hydroxyl groups is 1. The summed E-state index contributed by atoms with van der Waals surface area (Å²) in [5, 5.41) is 12.2. The highest BCUT2D eigenvalue weighted by molar-refractivity contribution is 5.85. The van der Waals surface area contributed by atoms with E-state index in [1.54, 1.807) is 0 Å². The molecule has 4 nitrogen and oxygen atoms in total. The summed E-state index contributed by atoms with van der Waals surface area (Å²) in [6, 6.07) is 5.94. The van der Waals surface area contributed by atoms with Gasteiger partial charge in [0.15, 0.2) is 0 Å². The molecule has 0 unspecified atom stereocenters. The molecular formula is C14H20N2O2. The third-order valence-electron chi connectivity index (χ3n) is 3.48. The van der Waals surface area contributed by atoms with E-state index in [4.69, 9.17) is 0 Å². The summed E-state index contributed by atoms with van der Waals surface area (Å²) in [7, 11) is 0. The number of carbonyl (C=O) groups excluding carboxylic acids is 1. The molecule has 0 bridgehead atoms. The van der Waals surface area contributed by atoms with E-state index in [1.807, 2.05) is 32.0 Å². The molecule has 0 saturated heterocycles. The van der Waals surface area contributed by atoms with Crippen molar-refractivity contribution in [2.45, 2.75) is 39.2 Å². The van der Waals surface area contributed by atoms with E-state index in [9.17, 15) is 9.90 Å². The number of pyridine rings is 1. The van der Waals surface area contributed by atoms with Gasteiger partial charge in [0, 0.05) is 23.9 Å². The van der Waals surface area contributed by atoms with Crippen LogP contribution in [-0.2, 0) is 11.2 Å². The van der Waals surface area contributed by atoms with Crippen LogP contribution in [0.3, 0.4) is 0 Å². The van der Waals surface area contributed by atoms with Crippen LogP contribution in [-0.4, -0.2) is 28.6 Å². The van der Waals surface area contributed by atoms with Gasteiger partial charge in [-0.2, -0.15) is 0 Å². The van der Waals surface area contributed by atoms with Crippen molar-refractivity contribution >= 4 is 5.91 Å². The molecule has 1 aromatic rings. The molecule has 0 radical (unpaired) electrons. The first-order valence-corrected chi connectivity index (χ1v) is 6.40. The molecule has 0 aromatic carbocycles. The van der Waals surface area contributed by atoms with Crippen LogP contribution in [0, 0.1) is 12.3 Å². The van der Waals surface area contributed by atoms with Crippen molar-refractivity contribution < 1.29 is 9.90 Å². The van der Waals surface area contributed by atoms with E-state index in [2.05, 4.69) is 10.3 Å². The van der Waals surface area contributed by atoms with Crippen LogP contribution < -0.4 is 5.32 Å². The van der Waals surface area contributed by atoms with Gasteiger partial charge in [0.05, 0.1) is 12.0 Å². The van der Waals surface area contributed by atoms with Gasteiger partial charge in [-0.15, -0.1) is 0 Å². The number of hydrogen-bond donors (Lipinski definition) is 2. The summed E-state index contributed by atoms with van der Waals surface area (Å²) in [6.07, 6.45) is 2.31. The predicted octanol–water partition coefficient (Wildman–Crippen LogP) is 1.21. The second-order valence-corrected chi connectivity index (χ2v) is 5.29. The third-order valence-corrected chi connectivity index (χ3v) is 3.48. The highest BCUT2D eigenvalue weighted by Gasteiger charge is 2.49. The summed E-state index contributed by atoms with van der Waals surface area (Å²) < 4.78 is 0. The molecule has 2 N–H and O–H groups in total. The maximum Gasteiger partial charge on any atom is 0.228 e. The van der Waals surface area contributed by atoms with Crippen LogP contribution in [0.15, 0.2) is 18.2 Å². The van der Waals surface area contributed by atoms with Gasteiger partial charge < -0.3 is 10.4 Å². The molecule has 1 aliphatic rings. The molecule has 4 heteroatoms. The molecule has 1 amide bonds. The number of nitrogens with one attached hydrogen (secondary N) is 1. The average Bonchev–Trinajstić information content (AvgIpc) is 3.09. The normalized spacial score (nSPS) is 18.2. The average molecular weight is 248 g/mol. The minimum Gasteiger partial charge on any atom is -0.395 e. The van der Waals surface area contributed by atoms with Crippen molar-refractivity contribution in [2.24, 2.45) is 5.41 Å². The number of aliphatic hydroxyl groups excluding tert-OH is 1. The lowest BCUT2D eigenvalue weighted by molar-refractivity contribution is -0.128. The van der Waals surface area contributed by atoms with E-state index in [0.29, 0.717) is 0 Å². The van der Waals surface area contributed by atoms with E-state index in [-0.39, 0.29) is 18.6 Å². The van der Waals surface area contributed by atoms with E-state index in [1.165, 1.54) is 0 Å². The van der Waals surface area contributed by atoms with Gasteiger partial charge in [-0.25, -0.2) is 0 Å². The zero-order chi connectivity index (χ0) is 13.2. The smallest absolute Gasteiger partial charge is 0.228 e. The molecule has 18 heavy (non-hydrogen) atoms. The quantitative estimate of drug-likeness (QED) is 0.823. The Labute approximate surface area is 107 Å². The number of rotatable bonds is 5. The van der Waals surface area contributed by atoms with E-state index >= 15 is 0 Å². The van der Waals surface area contributed by atoms with Crippen molar-refractivity contribution in [2.75, 3.05) is 6.61 Å². The van der Waals surface area contributed by atoms with Gasteiger partial charge in [0.25, 0.3) is 0 Å². The van der Waals surface area contributed by atoms with Crippen molar-refractivity contribution in [1.29, 1.82) is 0 Å². The Morgan fingerprint density at radius 1 is 1.56 bits per heavy atom. The zero-order valence-electron chi connectivity index (χ0n) is 10.9. The highest BCUT2D eigenvalue weighted by atomic mass is 16.3. The maximum atomic E-state index is 11.9. The number of aryl methyl sites for hydroxylation is 1. The van der Waals surface area contributed by atoms with Gasteiger partial charge in [-0.05, 0) is 38.8 Å². The van der Waals surface area contributed by atoms with Crippen LogP contribution in [0.4, 0.5) is 0 Å². The van der Waals surface area contributed by atoms with Crippen LogP contribution >= 0.6 is 0 Å². The summed E-state index contributed by atoms with van der Waals surface area (Å²) in [5.41, 5.74) is 1.48. The van der Waals surface area contributed by atoms with Crippen LogP contribution in [0.2, 0.25) is 0 Å². The van der Waals surface area contributed by atoms with Crippen molar-refractivity contribution in [3.8, 4) is 0 Å². The molecule has 1 saturated carbocycles.